The Balaban J connectivity index is 2.13. The third kappa shape index (κ3) is 3.35. The number of nitrogens with zero attached hydrogens (tertiary/aromatic N) is 3. The van der Waals surface area contributed by atoms with Gasteiger partial charge in [-0.2, -0.15) is 0 Å². The molecule has 1 aromatic heterocycles. The molecule has 8 heteroatoms. The molecule has 0 atom stereocenters. The van der Waals surface area contributed by atoms with Crippen LogP contribution in [0.4, 0.5) is 11.4 Å². The van der Waals surface area contributed by atoms with Crippen LogP contribution in [0.2, 0.25) is 0 Å². The molecule has 0 radical (unpaired) electrons. The number of hydrogen-bond donors (Lipinski definition) is 2. The minimum Gasteiger partial charge on any atom is -0.478 e. The molecule has 1 aromatic carbocycles. The molecular weight excluding hydrogens is 276 g/mol. The van der Waals surface area contributed by atoms with Crippen LogP contribution in [0, 0.1) is 10.1 Å². The van der Waals surface area contributed by atoms with E-state index in [0.29, 0.717) is 13.0 Å². The van der Waals surface area contributed by atoms with Gasteiger partial charge in [0.2, 0.25) is 0 Å². The SMILES string of the molecule is Cn1ccnc1CCNc1cc(C(=O)O)ccc1[N+](=O)[O-]. The first-order valence-corrected chi connectivity index (χ1v) is 6.21. The lowest BCUT2D eigenvalue weighted by Gasteiger charge is -2.08. The van der Waals surface area contributed by atoms with Crippen molar-refractivity contribution in [2.24, 2.45) is 7.05 Å². The van der Waals surface area contributed by atoms with Gasteiger partial charge in [0.25, 0.3) is 5.69 Å². The number of carboxylic acid groups (broad SMARTS) is 1. The van der Waals surface area contributed by atoms with E-state index in [1.807, 2.05) is 17.8 Å². The van der Waals surface area contributed by atoms with Crippen molar-refractivity contribution in [3.63, 3.8) is 0 Å². The van der Waals surface area contributed by atoms with Crippen LogP contribution < -0.4 is 5.32 Å². The molecule has 0 saturated heterocycles. The van der Waals surface area contributed by atoms with Gasteiger partial charge in [0.05, 0.1) is 10.5 Å². The van der Waals surface area contributed by atoms with Gasteiger partial charge in [-0.3, -0.25) is 10.1 Å². The molecule has 0 fully saturated rings. The Kier molecular flexibility index (Phi) is 4.17. The van der Waals surface area contributed by atoms with E-state index < -0.39 is 10.9 Å². The van der Waals surface area contributed by atoms with E-state index in [4.69, 9.17) is 5.11 Å². The normalized spacial score (nSPS) is 10.3. The number of benzene rings is 1. The van der Waals surface area contributed by atoms with Crippen LogP contribution in [0.3, 0.4) is 0 Å². The summed E-state index contributed by atoms with van der Waals surface area (Å²) in [5.41, 5.74) is 0.0361. The molecule has 0 amide bonds. The smallest absolute Gasteiger partial charge is 0.335 e. The highest BCUT2D eigenvalue weighted by molar-refractivity contribution is 5.90. The van der Waals surface area contributed by atoms with Crippen molar-refractivity contribution in [2.45, 2.75) is 6.42 Å². The number of carbonyl (C=O) groups is 1. The quantitative estimate of drug-likeness (QED) is 0.618. The number of nitro groups is 1. The zero-order valence-electron chi connectivity index (χ0n) is 11.3. The Morgan fingerprint density at radius 2 is 2.29 bits per heavy atom. The maximum absolute atomic E-state index is 11.0. The molecule has 2 rings (SSSR count). The van der Waals surface area contributed by atoms with E-state index in [1.54, 1.807) is 6.20 Å². The van der Waals surface area contributed by atoms with Crippen LogP contribution in [0.15, 0.2) is 30.6 Å². The van der Waals surface area contributed by atoms with Gasteiger partial charge in [0, 0.05) is 38.5 Å². The highest BCUT2D eigenvalue weighted by Crippen LogP contribution is 2.25. The molecule has 0 spiro atoms. The van der Waals surface area contributed by atoms with Crippen LogP contribution in [0.5, 0.6) is 0 Å². The summed E-state index contributed by atoms with van der Waals surface area (Å²) < 4.78 is 1.85. The number of carboxylic acids is 1. The van der Waals surface area contributed by atoms with Crippen molar-refractivity contribution in [3.05, 3.63) is 52.1 Å². The molecule has 0 saturated carbocycles. The number of anilines is 1. The van der Waals surface area contributed by atoms with Crippen LogP contribution in [-0.2, 0) is 13.5 Å². The van der Waals surface area contributed by atoms with Gasteiger partial charge in [-0.25, -0.2) is 9.78 Å². The van der Waals surface area contributed by atoms with E-state index in [0.717, 1.165) is 5.82 Å². The van der Waals surface area contributed by atoms with Crippen LogP contribution in [0.1, 0.15) is 16.2 Å². The summed E-state index contributed by atoms with van der Waals surface area (Å²) in [6.45, 7) is 0.411. The average Bonchev–Trinajstić information content (AvgIpc) is 2.84. The molecular formula is C13H14N4O4. The lowest BCUT2D eigenvalue weighted by atomic mass is 10.1. The highest BCUT2D eigenvalue weighted by Gasteiger charge is 2.16. The maximum Gasteiger partial charge on any atom is 0.335 e. The Bertz CT molecular complexity index is 681. The predicted molar refractivity (Wildman–Crippen MR) is 75.5 cm³/mol. The zero-order chi connectivity index (χ0) is 15.4. The summed E-state index contributed by atoms with van der Waals surface area (Å²) in [6, 6.07) is 3.66. The molecule has 0 unspecified atom stereocenters. The Morgan fingerprint density at radius 1 is 1.52 bits per heavy atom. The first-order valence-electron chi connectivity index (χ1n) is 6.21. The van der Waals surface area contributed by atoms with E-state index in [-0.39, 0.29) is 16.9 Å². The van der Waals surface area contributed by atoms with Crippen molar-refractivity contribution < 1.29 is 14.8 Å². The molecule has 21 heavy (non-hydrogen) atoms. The van der Waals surface area contributed by atoms with Gasteiger partial charge in [-0.15, -0.1) is 0 Å². The number of imidazole rings is 1. The minimum atomic E-state index is -1.13. The van der Waals surface area contributed by atoms with Crippen molar-refractivity contribution in [2.75, 3.05) is 11.9 Å². The third-order valence-electron chi connectivity index (χ3n) is 3.03. The number of hydrogen-bond acceptors (Lipinski definition) is 5. The highest BCUT2D eigenvalue weighted by atomic mass is 16.6. The molecule has 0 bridgehead atoms. The Morgan fingerprint density at radius 3 is 2.86 bits per heavy atom. The average molecular weight is 290 g/mol. The number of aromatic nitrogens is 2. The number of nitro benzene ring substituents is 1. The number of aryl methyl sites for hydroxylation is 1. The molecule has 8 nitrogen and oxygen atoms in total. The summed E-state index contributed by atoms with van der Waals surface area (Å²) in [5, 5.41) is 22.8. The van der Waals surface area contributed by atoms with Gasteiger partial charge in [-0.1, -0.05) is 0 Å². The second kappa shape index (κ2) is 6.04. The minimum absolute atomic E-state index is 0.0000849. The van der Waals surface area contributed by atoms with E-state index in [1.165, 1.54) is 18.2 Å². The fourth-order valence-electron chi connectivity index (χ4n) is 1.92. The largest absolute Gasteiger partial charge is 0.478 e. The first kappa shape index (κ1) is 14.5. The van der Waals surface area contributed by atoms with Crippen LogP contribution in [-0.4, -0.2) is 32.1 Å². The van der Waals surface area contributed by atoms with Gasteiger partial charge in [-0.05, 0) is 12.1 Å². The number of aromatic carboxylic acids is 1. The standard InChI is InChI=1S/C13H14N4O4/c1-16-7-6-15-12(16)4-5-14-10-8-9(13(18)19)2-3-11(10)17(20)21/h2-3,6-8,14H,4-5H2,1H3,(H,18,19). The monoisotopic (exact) mass is 290 g/mol. The van der Waals surface area contributed by atoms with Crippen LogP contribution in [0.25, 0.3) is 0 Å². The molecule has 2 aromatic rings. The van der Waals surface area contributed by atoms with Gasteiger partial charge >= 0.3 is 5.97 Å². The molecule has 1 heterocycles. The van der Waals surface area contributed by atoms with Gasteiger partial charge < -0.3 is 15.0 Å². The summed E-state index contributed by atoms with van der Waals surface area (Å²) in [6.07, 6.45) is 4.05. The Labute approximate surface area is 120 Å². The Hall–Kier alpha value is -2.90. The van der Waals surface area contributed by atoms with Gasteiger partial charge in [0.15, 0.2) is 0 Å². The fraction of sp³-hybridized carbons (Fsp3) is 0.231. The lowest BCUT2D eigenvalue weighted by molar-refractivity contribution is -0.384. The molecule has 2 N–H and O–H groups in total. The van der Waals surface area contributed by atoms with Crippen molar-refractivity contribution in [1.29, 1.82) is 0 Å². The maximum atomic E-state index is 11.0. The molecule has 0 aliphatic carbocycles. The summed E-state index contributed by atoms with van der Waals surface area (Å²) in [4.78, 5) is 25.5. The summed E-state index contributed by atoms with van der Waals surface area (Å²) >= 11 is 0. The second-order valence-corrected chi connectivity index (χ2v) is 4.43. The summed E-state index contributed by atoms with van der Waals surface area (Å²) in [7, 11) is 1.86. The zero-order valence-corrected chi connectivity index (χ0v) is 11.3. The molecule has 0 aliphatic heterocycles. The van der Waals surface area contributed by atoms with Gasteiger partial charge in [0.1, 0.15) is 11.5 Å². The van der Waals surface area contributed by atoms with E-state index in [2.05, 4.69) is 10.3 Å². The van der Waals surface area contributed by atoms with Crippen LogP contribution >= 0.6 is 0 Å². The molecule has 110 valence electrons. The topological polar surface area (TPSA) is 110 Å². The predicted octanol–water partition coefficient (Wildman–Crippen LogP) is 1.68. The van der Waals surface area contributed by atoms with E-state index in [9.17, 15) is 14.9 Å². The van der Waals surface area contributed by atoms with Crippen molar-refractivity contribution in [1.82, 2.24) is 9.55 Å². The fourth-order valence-corrected chi connectivity index (χ4v) is 1.92. The lowest BCUT2D eigenvalue weighted by Crippen LogP contribution is -2.10. The second-order valence-electron chi connectivity index (χ2n) is 4.43. The summed E-state index contributed by atoms with van der Waals surface area (Å²) in [5.74, 6) is -0.295. The molecule has 0 aliphatic rings. The van der Waals surface area contributed by atoms with Crippen molar-refractivity contribution in [3.8, 4) is 0 Å². The van der Waals surface area contributed by atoms with Crippen molar-refractivity contribution >= 4 is 17.3 Å². The number of nitrogens with one attached hydrogen (secondary N) is 1. The van der Waals surface area contributed by atoms with E-state index >= 15 is 0 Å². The number of rotatable bonds is 6. The third-order valence-corrected chi connectivity index (χ3v) is 3.03. The first-order chi connectivity index (χ1) is 9.99.